The van der Waals surface area contributed by atoms with Gasteiger partial charge in [0.05, 0.1) is 31.2 Å². The van der Waals surface area contributed by atoms with Crippen LogP contribution in [0, 0.1) is 0 Å². The zero-order valence-corrected chi connectivity index (χ0v) is 16.3. The van der Waals surface area contributed by atoms with Crippen LogP contribution in [0.5, 0.6) is 17.2 Å². The van der Waals surface area contributed by atoms with Crippen molar-refractivity contribution in [3.63, 3.8) is 0 Å². The van der Waals surface area contributed by atoms with Crippen molar-refractivity contribution in [3.8, 4) is 17.2 Å². The molecule has 6 heteroatoms. The molecule has 0 aromatic heterocycles. The van der Waals surface area contributed by atoms with Crippen LogP contribution in [0.25, 0.3) is 0 Å². The molecule has 3 aromatic carbocycles. The molecule has 0 saturated carbocycles. The van der Waals surface area contributed by atoms with Crippen LogP contribution < -0.4 is 19.6 Å². The summed E-state index contributed by atoms with van der Waals surface area (Å²) < 4.78 is 16.3. The number of rotatable bonds is 8. The summed E-state index contributed by atoms with van der Waals surface area (Å²) in [6.45, 7) is 2.31. The van der Waals surface area contributed by atoms with Gasteiger partial charge >= 0.3 is 5.97 Å². The van der Waals surface area contributed by atoms with Crippen molar-refractivity contribution in [2.75, 3.05) is 19.1 Å². The molecule has 0 bridgehead atoms. The molecule has 0 heterocycles. The van der Waals surface area contributed by atoms with Crippen molar-refractivity contribution in [3.05, 3.63) is 83.9 Å². The fourth-order valence-electron chi connectivity index (χ4n) is 2.54. The summed E-state index contributed by atoms with van der Waals surface area (Å²) in [4.78, 5) is 12.4. The van der Waals surface area contributed by atoms with Gasteiger partial charge < -0.3 is 14.2 Å². The van der Waals surface area contributed by atoms with Gasteiger partial charge in [0.1, 0.15) is 5.75 Å². The Hall–Kier alpha value is -3.80. The maximum absolute atomic E-state index is 12.4. The Morgan fingerprint density at radius 2 is 1.76 bits per heavy atom. The van der Waals surface area contributed by atoms with Gasteiger partial charge in [0.25, 0.3) is 0 Å². The van der Waals surface area contributed by atoms with E-state index in [1.165, 1.54) is 0 Å². The molecule has 29 heavy (non-hydrogen) atoms. The molecule has 0 spiro atoms. The highest BCUT2D eigenvalue weighted by Gasteiger charge is 2.13. The number of hydrazone groups is 1. The van der Waals surface area contributed by atoms with E-state index in [0.717, 1.165) is 11.3 Å². The van der Waals surface area contributed by atoms with Gasteiger partial charge in [-0.05, 0) is 67.1 Å². The highest BCUT2D eigenvalue weighted by atomic mass is 16.6. The van der Waals surface area contributed by atoms with Crippen LogP contribution in [0.2, 0.25) is 0 Å². The lowest BCUT2D eigenvalue weighted by atomic mass is 10.2. The Kier molecular flexibility index (Phi) is 6.84. The molecule has 3 rings (SSSR count). The Morgan fingerprint density at radius 1 is 1.00 bits per heavy atom. The maximum atomic E-state index is 12.4. The lowest BCUT2D eigenvalue weighted by Crippen LogP contribution is -2.09. The van der Waals surface area contributed by atoms with Crippen LogP contribution in [0.15, 0.2) is 77.9 Å². The van der Waals surface area contributed by atoms with E-state index in [9.17, 15) is 4.79 Å². The van der Waals surface area contributed by atoms with E-state index in [1.807, 2.05) is 37.3 Å². The number of carbonyl (C=O) groups excluding carboxylic acids is 1. The summed E-state index contributed by atoms with van der Waals surface area (Å²) in [5.41, 5.74) is 5.07. The molecule has 0 unspecified atom stereocenters. The van der Waals surface area contributed by atoms with Gasteiger partial charge in [0.15, 0.2) is 11.5 Å². The van der Waals surface area contributed by atoms with Crippen molar-refractivity contribution in [1.82, 2.24) is 0 Å². The van der Waals surface area contributed by atoms with Gasteiger partial charge in [0.2, 0.25) is 0 Å². The van der Waals surface area contributed by atoms with E-state index < -0.39 is 5.97 Å². The molecule has 1 N–H and O–H groups in total. The van der Waals surface area contributed by atoms with Gasteiger partial charge in [-0.3, -0.25) is 5.43 Å². The number of nitrogens with one attached hydrogen (secondary N) is 1. The van der Waals surface area contributed by atoms with Crippen molar-refractivity contribution in [1.29, 1.82) is 0 Å². The average Bonchev–Trinajstić information content (AvgIpc) is 2.76. The highest BCUT2D eigenvalue weighted by molar-refractivity contribution is 5.91. The predicted molar refractivity (Wildman–Crippen MR) is 113 cm³/mol. The van der Waals surface area contributed by atoms with Gasteiger partial charge in [-0.25, -0.2) is 4.79 Å². The number of hydrogen-bond acceptors (Lipinski definition) is 6. The first-order valence-corrected chi connectivity index (χ1v) is 9.17. The van der Waals surface area contributed by atoms with Gasteiger partial charge in [-0.1, -0.05) is 18.2 Å². The van der Waals surface area contributed by atoms with E-state index in [0.29, 0.717) is 29.4 Å². The van der Waals surface area contributed by atoms with E-state index in [1.54, 1.807) is 55.8 Å². The molecule has 3 aromatic rings. The van der Waals surface area contributed by atoms with Crippen molar-refractivity contribution in [2.24, 2.45) is 5.10 Å². The molecule has 148 valence electrons. The molecule has 0 atom stereocenters. The first-order valence-electron chi connectivity index (χ1n) is 9.17. The minimum Gasteiger partial charge on any atom is -0.497 e. The van der Waals surface area contributed by atoms with Gasteiger partial charge in [0, 0.05) is 0 Å². The molecule has 0 radical (unpaired) electrons. The smallest absolute Gasteiger partial charge is 0.343 e. The molecule has 0 fully saturated rings. The zero-order chi connectivity index (χ0) is 20.5. The molecule has 6 nitrogen and oxygen atoms in total. The third-order valence-electron chi connectivity index (χ3n) is 3.98. The van der Waals surface area contributed by atoms with Crippen molar-refractivity contribution < 1.29 is 19.0 Å². The summed E-state index contributed by atoms with van der Waals surface area (Å²) in [6, 6.07) is 21.6. The number of benzene rings is 3. The number of nitrogens with zero attached hydrogens (tertiary/aromatic N) is 1. The second kappa shape index (κ2) is 9.94. The van der Waals surface area contributed by atoms with Gasteiger partial charge in [-0.15, -0.1) is 0 Å². The minimum atomic E-state index is -0.472. The van der Waals surface area contributed by atoms with Crippen LogP contribution in [0.4, 0.5) is 5.69 Å². The second-order valence-corrected chi connectivity index (χ2v) is 5.99. The molecule has 0 saturated heterocycles. The van der Waals surface area contributed by atoms with Crippen LogP contribution in [-0.4, -0.2) is 25.9 Å². The summed E-state index contributed by atoms with van der Waals surface area (Å²) in [5.74, 6) is 1.02. The van der Waals surface area contributed by atoms with Crippen molar-refractivity contribution >= 4 is 17.9 Å². The lowest BCUT2D eigenvalue weighted by molar-refractivity contribution is 0.0728. The fraction of sp³-hybridized carbons (Fsp3) is 0.130. The Labute approximate surface area is 169 Å². The normalized spacial score (nSPS) is 10.6. The van der Waals surface area contributed by atoms with E-state index >= 15 is 0 Å². The number of anilines is 1. The number of carbonyl (C=O) groups is 1. The number of esters is 1. The summed E-state index contributed by atoms with van der Waals surface area (Å²) >= 11 is 0. The third-order valence-corrected chi connectivity index (χ3v) is 3.98. The van der Waals surface area contributed by atoms with Crippen LogP contribution in [-0.2, 0) is 0 Å². The summed E-state index contributed by atoms with van der Waals surface area (Å²) in [5, 5.41) is 4.22. The van der Waals surface area contributed by atoms with E-state index in [2.05, 4.69) is 10.5 Å². The Balaban J connectivity index is 1.72. The fourth-order valence-corrected chi connectivity index (χ4v) is 2.54. The van der Waals surface area contributed by atoms with Gasteiger partial charge in [-0.2, -0.15) is 5.10 Å². The summed E-state index contributed by atoms with van der Waals surface area (Å²) in [6.07, 6.45) is 1.67. The Morgan fingerprint density at radius 3 is 2.45 bits per heavy atom. The van der Waals surface area contributed by atoms with Crippen LogP contribution in [0.1, 0.15) is 22.8 Å². The Bertz CT molecular complexity index is 970. The van der Waals surface area contributed by atoms with E-state index in [-0.39, 0.29) is 0 Å². The van der Waals surface area contributed by atoms with Crippen LogP contribution >= 0.6 is 0 Å². The highest BCUT2D eigenvalue weighted by Crippen LogP contribution is 2.29. The number of methoxy groups -OCH3 is 1. The predicted octanol–water partition coefficient (Wildman–Crippen LogP) is 4.76. The van der Waals surface area contributed by atoms with E-state index in [4.69, 9.17) is 14.2 Å². The molecule has 0 aliphatic rings. The first-order chi connectivity index (χ1) is 14.2. The maximum Gasteiger partial charge on any atom is 0.343 e. The lowest BCUT2D eigenvalue weighted by Gasteiger charge is -2.11. The van der Waals surface area contributed by atoms with Crippen LogP contribution in [0.3, 0.4) is 0 Å². The standard InChI is InChI=1S/C23H22N2O4/c1-3-28-22-15-17(16-24-25-19-7-5-4-6-8-19)9-14-21(22)29-23(26)18-10-12-20(27-2)13-11-18/h4-16,25H,3H2,1-2H3. The average molecular weight is 390 g/mol. The second-order valence-electron chi connectivity index (χ2n) is 5.99. The number of para-hydroxylation sites is 1. The zero-order valence-electron chi connectivity index (χ0n) is 16.3. The summed E-state index contributed by atoms with van der Waals surface area (Å²) in [7, 11) is 1.57. The molecule has 0 aliphatic carbocycles. The molecule has 0 amide bonds. The molecular weight excluding hydrogens is 368 g/mol. The molecule has 0 aliphatic heterocycles. The van der Waals surface area contributed by atoms with Crippen molar-refractivity contribution in [2.45, 2.75) is 6.92 Å². The minimum absolute atomic E-state index is 0.348. The molecular formula is C23H22N2O4. The monoisotopic (exact) mass is 390 g/mol. The quantitative estimate of drug-likeness (QED) is 0.260. The third kappa shape index (κ3) is 5.59. The first kappa shape index (κ1) is 19.9. The number of hydrogen-bond donors (Lipinski definition) is 1. The topological polar surface area (TPSA) is 69.1 Å². The SMILES string of the molecule is CCOc1cc(C=NNc2ccccc2)ccc1OC(=O)c1ccc(OC)cc1. The largest absolute Gasteiger partial charge is 0.497 e. The number of ether oxygens (including phenoxy) is 3.